The number of nitrogens with one attached hydrogen (secondary N) is 1. The highest BCUT2D eigenvalue weighted by atomic mass is 32.1. The largest absolute Gasteiger partial charge is 0.444 e. The minimum atomic E-state index is -0.498. The molecule has 0 saturated heterocycles. The van der Waals surface area contributed by atoms with Crippen LogP contribution in [0.2, 0.25) is 0 Å². The normalized spacial score (nSPS) is 11.5. The molecule has 0 saturated carbocycles. The first-order chi connectivity index (χ1) is 10.6. The molecular formula is C18H19NO2S. The van der Waals surface area contributed by atoms with Crippen molar-refractivity contribution in [3.05, 3.63) is 72.3 Å². The van der Waals surface area contributed by atoms with Crippen LogP contribution in [0.3, 0.4) is 0 Å². The quantitative estimate of drug-likeness (QED) is 0.601. The van der Waals surface area contributed by atoms with Crippen molar-refractivity contribution in [1.82, 2.24) is 0 Å². The Morgan fingerprint density at radius 1 is 1.32 bits per heavy atom. The standard InChI is InChI=1S/C18H19NO2S/c1-3-13(2)15-9-10-17(22)16(11-15)19-18(20)21-12-14-7-5-4-6-8-14/h3-11,13,22H,1,12H2,2H3,(H,19,20)/t13-/m1/s1. The highest BCUT2D eigenvalue weighted by Crippen LogP contribution is 2.26. The number of rotatable bonds is 5. The van der Waals surface area contributed by atoms with Crippen LogP contribution >= 0.6 is 12.6 Å². The number of thiol groups is 1. The Bertz CT molecular complexity index is 655. The van der Waals surface area contributed by atoms with E-state index in [1.54, 1.807) is 0 Å². The summed E-state index contributed by atoms with van der Waals surface area (Å²) in [5.74, 6) is 0.204. The maximum Gasteiger partial charge on any atom is 0.411 e. The van der Waals surface area contributed by atoms with Gasteiger partial charge in [-0.05, 0) is 29.2 Å². The second-order valence-electron chi connectivity index (χ2n) is 4.99. The molecule has 3 nitrogen and oxygen atoms in total. The lowest BCUT2D eigenvalue weighted by Gasteiger charge is -2.12. The SMILES string of the molecule is C=C[C@@H](C)c1ccc(S)c(NC(=O)OCc2ccccc2)c1. The van der Waals surface area contributed by atoms with Gasteiger partial charge in [0.15, 0.2) is 0 Å². The van der Waals surface area contributed by atoms with Crippen molar-refractivity contribution in [1.29, 1.82) is 0 Å². The third-order valence-corrected chi connectivity index (χ3v) is 3.74. The molecule has 0 spiro atoms. The van der Waals surface area contributed by atoms with Gasteiger partial charge < -0.3 is 4.74 Å². The third-order valence-electron chi connectivity index (χ3n) is 3.35. The molecule has 1 atom stereocenters. The molecule has 2 aromatic rings. The number of hydrogen-bond acceptors (Lipinski definition) is 3. The zero-order chi connectivity index (χ0) is 15.9. The van der Waals surface area contributed by atoms with Crippen molar-refractivity contribution in [2.45, 2.75) is 24.3 Å². The van der Waals surface area contributed by atoms with Gasteiger partial charge in [0.2, 0.25) is 0 Å². The van der Waals surface area contributed by atoms with Crippen LogP contribution in [0.15, 0.2) is 66.1 Å². The van der Waals surface area contributed by atoms with E-state index in [0.717, 1.165) is 11.1 Å². The Kier molecular flexibility index (Phi) is 5.67. The van der Waals surface area contributed by atoms with Crippen molar-refractivity contribution in [2.24, 2.45) is 0 Å². The molecule has 0 bridgehead atoms. The van der Waals surface area contributed by atoms with E-state index in [0.29, 0.717) is 10.6 Å². The van der Waals surface area contributed by atoms with Gasteiger partial charge >= 0.3 is 6.09 Å². The highest BCUT2D eigenvalue weighted by molar-refractivity contribution is 7.80. The predicted molar refractivity (Wildman–Crippen MR) is 92.6 cm³/mol. The Balaban J connectivity index is 2.00. The Morgan fingerprint density at radius 3 is 2.73 bits per heavy atom. The lowest BCUT2D eigenvalue weighted by atomic mass is 10.0. The fourth-order valence-electron chi connectivity index (χ4n) is 1.94. The molecule has 4 heteroatoms. The van der Waals surface area contributed by atoms with E-state index < -0.39 is 6.09 Å². The first-order valence-corrected chi connectivity index (χ1v) is 7.48. The second-order valence-corrected chi connectivity index (χ2v) is 5.47. The summed E-state index contributed by atoms with van der Waals surface area (Å²) in [5, 5.41) is 2.73. The molecule has 0 aromatic heterocycles. The molecule has 0 fully saturated rings. The molecule has 0 unspecified atom stereocenters. The smallest absolute Gasteiger partial charge is 0.411 e. The number of ether oxygens (including phenoxy) is 1. The van der Waals surface area contributed by atoms with Gasteiger partial charge in [-0.25, -0.2) is 4.79 Å². The molecule has 0 aliphatic heterocycles. The van der Waals surface area contributed by atoms with Crippen LogP contribution < -0.4 is 5.32 Å². The number of anilines is 1. The Morgan fingerprint density at radius 2 is 2.05 bits per heavy atom. The zero-order valence-corrected chi connectivity index (χ0v) is 13.3. The van der Waals surface area contributed by atoms with Crippen LogP contribution in [0.1, 0.15) is 24.0 Å². The average Bonchev–Trinajstić information content (AvgIpc) is 2.55. The maximum atomic E-state index is 11.9. The third kappa shape index (κ3) is 4.40. The summed E-state index contributed by atoms with van der Waals surface area (Å²) >= 11 is 4.36. The van der Waals surface area contributed by atoms with Crippen LogP contribution in [-0.4, -0.2) is 6.09 Å². The number of benzene rings is 2. The van der Waals surface area contributed by atoms with E-state index in [-0.39, 0.29) is 12.5 Å². The van der Waals surface area contributed by atoms with E-state index in [4.69, 9.17) is 4.74 Å². The number of hydrogen-bond donors (Lipinski definition) is 2. The first-order valence-electron chi connectivity index (χ1n) is 7.03. The molecule has 2 rings (SSSR count). The predicted octanol–water partition coefficient (Wildman–Crippen LogP) is 5.01. The summed E-state index contributed by atoms with van der Waals surface area (Å²) in [6, 6.07) is 15.3. The van der Waals surface area contributed by atoms with Crippen molar-refractivity contribution in [3.8, 4) is 0 Å². The first kappa shape index (κ1) is 16.2. The number of amides is 1. The molecule has 0 aliphatic carbocycles. The highest BCUT2D eigenvalue weighted by Gasteiger charge is 2.09. The molecule has 1 amide bonds. The van der Waals surface area contributed by atoms with Gasteiger partial charge in [0.25, 0.3) is 0 Å². The van der Waals surface area contributed by atoms with E-state index >= 15 is 0 Å². The topological polar surface area (TPSA) is 38.3 Å². The summed E-state index contributed by atoms with van der Waals surface area (Å²) in [6.07, 6.45) is 1.35. The minimum absolute atomic E-state index is 0.204. The summed E-state index contributed by atoms with van der Waals surface area (Å²) in [7, 11) is 0. The fraction of sp³-hybridized carbons (Fsp3) is 0.167. The summed E-state index contributed by atoms with van der Waals surface area (Å²) in [4.78, 5) is 12.6. The van der Waals surface area contributed by atoms with Crippen molar-refractivity contribution >= 4 is 24.4 Å². The summed E-state index contributed by atoms with van der Waals surface area (Å²) < 4.78 is 5.21. The van der Waals surface area contributed by atoms with Gasteiger partial charge in [-0.15, -0.1) is 19.2 Å². The van der Waals surface area contributed by atoms with Crippen molar-refractivity contribution < 1.29 is 9.53 Å². The van der Waals surface area contributed by atoms with Crippen LogP contribution in [0.25, 0.3) is 0 Å². The lowest BCUT2D eigenvalue weighted by Crippen LogP contribution is -2.14. The van der Waals surface area contributed by atoms with Crippen LogP contribution in [-0.2, 0) is 11.3 Å². The average molecular weight is 313 g/mol. The number of carbonyl (C=O) groups excluding carboxylic acids is 1. The lowest BCUT2D eigenvalue weighted by molar-refractivity contribution is 0.155. The molecule has 22 heavy (non-hydrogen) atoms. The molecular weight excluding hydrogens is 294 g/mol. The monoisotopic (exact) mass is 313 g/mol. The number of carbonyl (C=O) groups is 1. The molecule has 114 valence electrons. The van der Waals surface area contributed by atoms with Crippen molar-refractivity contribution in [3.63, 3.8) is 0 Å². The maximum absolute atomic E-state index is 11.9. The summed E-state index contributed by atoms with van der Waals surface area (Å²) in [5.41, 5.74) is 2.64. The van der Waals surface area contributed by atoms with Gasteiger partial charge in [0, 0.05) is 4.90 Å². The minimum Gasteiger partial charge on any atom is -0.444 e. The van der Waals surface area contributed by atoms with E-state index in [1.807, 2.05) is 61.5 Å². The Labute approximate surface area is 136 Å². The van der Waals surface area contributed by atoms with Gasteiger partial charge in [0.05, 0.1) is 5.69 Å². The van der Waals surface area contributed by atoms with Gasteiger partial charge in [-0.3, -0.25) is 5.32 Å². The Hall–Kier alpha value is -2.20. The van der Waals surface area contributed by atoms with E-state index in [2.05, 4.69) is 24.5 Å². The molecule has 0 radical (unpaired) electrons. The molecule has 0 aliphatic rings. The zero-order valence-electron chi connectivity index (χ0n) is 12.5. The van der Waals surface area contributed by atoms with E-state index in [1.165, 1.54) is 0 Å². The number of allylic oxidation sites excluding steroid dienone is 1. The van der Waals surface area contributed by atoms with Crippen molar-refractivity contribution in [2.75, 3.05) is 5.32 Å². The molecule has 2 aromatic carbocycles. The van der Waals surface area contributed by atoms with Crippen LogP contribution in [0, 0.1) is 0 Å². The van der Waals surface area contributed by atoms with Crippen LogP contribution in [0.5, 0.6) is 0 Å². The second kappa shape index (κ2) is 7.71. The molecule has 0 heterocycles. The van der Waals surface area contributed by atoms with Crippen LogP contribution in [0.4, 0.5) is 10.5 Å². The fourth-order valence-corrected chi connectivity index (χ4v) is 2.14. The summed E-state index contributed by atoms with van der Waals surface area (Å²) in [6.45, 7) is 6.06. The van der Waals surface area contributed by atoms with Gasteiger partial charge in [-0.2, -0.15) is 0 Å². The van der Waals surface area contributed by atoms with Gasteiger partial charge in [-0.1, -0.05) is 49.4 Å². The van der Waals surface area contributed by atoms with E-state index in [9.17, 15) is 4.79 Å². The van der Waals surface area contributed by atoms with Gasteiger partial charge in [0.1, 0.15) is 6.61 Å². The molecule has 1 N–H and O–H groups in total.